The zero-order valence-corrected chi connectivity index (χ0v) is 11.0. The van der Waals surface area contributed by atoms with Crippen LogP contribution in [0.2, 0.25) is 5.02 Å². The Bertz CT molecular complexity index is 549. The molecule has 0 bridgehead atoms. The highest BCUT2D eigenvalue weighted by molar-refractivity contribution is 6.30. The van der Waals surface area contributed by atoms with E-state index in [1.54, 1.807) is 12.1 Å². The first kappa shape index (κ1) is 12.6. The number of hydrogen-bond donors (Lipinski definition) is 1. The van der Waals surface area contributed by atoms with Crippen LogP contribution in [0.4, 0.5) is 0 Å². The minimum Gasteiger partial charge on any atom is -0.419 e. The summed E-state index contributed by atoms with van der Waals surface area (Å²) in [6.45, 7) is 2.65. The number of rotatable bonds is 4. The van der Waals surface area contributed by atoms with Crippen LogP contribution in [0.1, 0.15) is 5.89 Å². The van der Waals surface area contributed by atoms with Crippen molar-refractivity contribution in [3.63, 3.8) is 0 Å². The van der Waals surface area contributed by atoms with Gasteiger partial charge in [0.05, 0.1) is 6.54 Å². The number of likely N-dealkylation sites (tertiary alicyclic amines) is 1. The Morgan fingerprint density at radius 2 is 2.00 bits per heavy atom. The lowest BCUT2D eigenvalue weighted by Crippen LogP contribution is -2.47. The normalized spacial score (nSPS) is 16.5. The summed E-state index contributed by atoms with van der Waals surface area (Å²) < 4.78 is 5.62. The minimum absolute atomic E-state index is 0.246. The Morgan fingerprint density at radius 3 is 2.68 bits per heavy atom. The molecule has 0 saturated carbocycles. The zero-order valence-electron chi connectivity index (χ0n) is 10.3. The maximum Gasteiger partial charge on any atom is 0.247 e. The molecule has 1 saturated heterocycles. The molecule has 0 aliphatic carbocycles. The summed E-state index contributed by atoms with van der Waals surface area (Å²) in [7, 11) is 0. The van der Waals surface area contributed by atoms with Gasteiger partial charge < -0.3 is 9.52 Å². The highest BCUT2D eigenvalue weighted by Gasteiger charge is 2.27. The third-order valence-corrected chi connectivity index (χ3v) is 3.46. The van der Waals surface area contributed by atoms with Gasteiger partial charge in [-0.3, -0.25) is 4.90 Å². The first-order valence-electron chi connectivity index (χ1n) is 6.16. The fourth-order valence-corrected chi connectivity index (χ4v) is 2.27. The van der Waals surface area contributed by atoms with E-state index in [4.69, 9.17) is 21.1 Å². The van der Waals surface area contributed by atoms with E-state index in [2.05, 4.69) is 15.1 Å². The van der Waals surface area contributed by atoms with Crippen LogP contribution in [0.15, 0.2) is 28.7 Å². The van der Waals surface area contributed by atoms with E-state index in [0.717, 1.165) is 18.7 Å². The van der Waals surface area contributed by atoms with E-state index in [1.807, 2.05) is 12.1 Å². The van der Waals surface area contributed by atoms with Crippen LogP contribution in [-0.2, 0) is 6.54 Å². The van der Waals surface area contributed by atoms with Crippen LogP contribution in [-0.4, -0.2) is 39.9 Å². The van der Waals surface area contributed by atoms with E-state index >= 15 is 0 Å². The zero-order chi connectivity index (χ0) is 13.2. The number of nitrogens with zero attached hydrogens (tertiary/aromatic N) is 3. The number of aliphatic hydroxyl groups is 1. The molecule has 0 spiro atoms. The third-order valence-electron chi connectivity index (χ3n) is 3.21. The van der Waals surface area contributed by atoms with Gasteiger partial charge in [0.1, 0.15) is 0 Å². The van der Waals surface area contributed by atoms with Gasteiger partial charge in [-0.2, -0.15) is 0 Å². The molecule has 1 aliphatic heterocycles. The summed E-state index contributed by atoms with van der Waals surface area (Å²) >= 11 is 5.83. The minimum atomic E-state index is 0.246. The average molecular weight is 280 g/mol. The van der Waals surface area contributed by atoms with Gasteiger partial charge in [-0.1, -0.05) is 11.6 Å². The SMILES string of the molecule is OCC1CN(Cc2nnc(-c3ccc(Cl)cc3)o2)C1. The maximum atomic E-state index is 8.96. The fourth-order valence-electron chi connectivity index (χ4n) is 2.14. The Balaban J connectivity index is 1.65. The van der Waals surface area contributed by atoms with Crippen molar-refractivity contribution in [3.05, 3.63) is 35.2 Å². The molecule has 1 fully saturated rings. The van der Waals surface area contributed by atoms with Crippen LogP contribution in [0.5, 0.6) is 0 Å². The summed E-state index contributed by atoms with van der Waals surface area (Å²) in [4.78, 5) is 2.17. The predicted molar refractivity (Wildman–Crippen MR) is 70.6 cm³/mol. The lowest BCUT2D eigenvalue weighted by molar-refractivity contribution is 0.0417. The Kier molecular flexibility index (Phi) is 3.50. The number of halogens is 1. The van der Waals surface area contributed by atoms with Crippen molar-refractivity contribution in [2.75, 3.05) is 19.7 Å². The predicted octanol–water partition coefficient (Wildman–Crippen LogP) is 1.81. The van der Waals surface area contributed by atoms with Crippen LogP contribution >= 0.6 is 11.6 Å². The number of hydrogen-bond acceptors (Lipinski definition) is 5. The van der Waals surface area contributed by atoms with Gasteiger partial charge in [0.15, 0.2) is 0 Å². The first-order chi connectivity index (χ1) is 9.24. The van der Waals surface area contributed by atoms with Crippen molar-refractivity contribution < 1.29 is 9.52 Å². The van der Waals surface area contributed by atoms with Crippen LogP contribution in [0, 0.1) is 5.92 Å². The molecule has 1 aliphatic rings. The second kappa shape index (κ2) is 5.28. The molecule has 1 aromatic heterocycles. The first-order valence-corrected chi connectivity index (χ1v) is 6.54. The van der Waals surface area contributed by atoms with Gasteiger partial charge in [0.2, 0.25) is 11.8 Å². The summed E-state index contributed by atoms with van der Waals surface area (Å²) in [5.74, 6) is 1.49. The molecule has 0 radical (unpaired) electrons. The molecule has 0 unspecified atom stereocenters. The van der Waals surface area contributed by atoms with Crippen molar-refractivity contribution in [2.45, 2.75) is 6.54 Å². The highest BCUT2D eigenvalue weighted by Crippen LogP contribution is 2.22. The molecule has 0 atom stereocenters. The van der Waals surface area contributed by atoms with Crippen molar-refractivity contribution in [1.82, 2.24) is 15.1 Å². The average Bonchev–Trinajstić information content (AvgIpc) is 2.82. The molecule has 6 heteroatoms. The van der Waals surface area contributed by atoms with Crippen molar-refractivity contribution in [1.29, 1.82) is 0 Å². The van der Waals surface area contributed by atoms with E-state index < -0.39 is 0 Å². The Hall–Kier alpha value is -1.43. The van der Waals surface area contributed by atoms with E-state index in [-0.39, 0.29) is 6.61 Å². The summed E-state index contributed by atoms with van der Waals surface area (Å²) in [5, 5.41) is 17.7. The smallest absolute Gasteiger partial charge is 0.247 e. The summed E-state index contributed by atoms with van der Waals surface area (Å²) in [6, 6.07) is 7.29. The number of benzene rings is 1. The second-order valence-electron chi connectivity index (χ2n) is 4.75. The third kappa shape index (κ3) is 2.78. The van der Waals surface area contributed by atoms with Gasteiger partial charge in [0, 0.05) is 36.2 Å². The van der Waals surface area contributed by atoms with E-state index in [1.165, 1.54) is 0 Å². The molecule has 1 aromatic carbocycles. The number of aromatic nitrogens is 2. The quantitative estimate of drug-likeness (QED) is 0.925. The molecule has 19 heavy (non-hydrogen) atoms. The second-order valence-corrected chi connectivity index (χ2v) is 5.19. The molecule has 2 heterocycles. The van der Waals surface area contributed by atoms with Crippen molar-refractivity contribution >= 4 is 11.6 Å². The topological polar surface area (TPSA) is 62.4 Å². The van der Waals surface area contributed by atoms with Gasteiger partial charge in [-0.05, 0) is 24.3 Å². The van der Waals surface area contributed by atoms with Gasteiger partial charge in [-0.15, -0.1) is 10.2 Å². The standard InChI is InChI=1S/C13H14ClN3O2/c14-11-3-1-10(2-4-11)13-16-15-12(19-13)7-17-5-9(6-17)8-18/h1-4,9,18H,5-8H2. The van der Waals surface area contributed by atoms with Crippen LogP contribution in [0.25, 0.3) is 11.5 Å². The maximum absolute atomic E-state index is 8.96. The molecule has 2 aromatic rings. The monoisotopic (exact) mass is 279 g/mol. The largest absolute Gasteiger partial charge is 0.419 e. The fraction of sp³-hybridized carbons (Fsp3) is 0.385. The Morgan fingerprint density at radius 1 is 1.26 bits per heavy atom. The van der Waals surface area contributed by atoms with Crippen LogP contribution < -0.4 is 0 Å². The van der Waals surface area contributed by atoms with Gasteiger partial charge in [0.25, 0.3) is 0 Å². The molecule has 0 amide bonds. The van der Waals surface area contributed by atoms with Gasteiger partial charge >= 0.3 is 0 Å². The molecule has 5 nitrogen and oxygen atoms in total. The summed E-state index contributed by atoms with van der Waals surface area (Å²) in [5.41, 5.74) is 0.861. The molecular formula is C13H14ClN3O2. The van der Waals surface area contributed by atoms with Crippen molar-refractivity contribution in [2.24, 2.45) is 5.92 Å². The van der Waals surface area contributed by atoms with E-state index in [0.29, 0.717) is 29.3 Å². The molecule has 3 rings (SSSR count). The lowest BCUT2D eigenvalue weighted by atomic mass is 10.0. The highest BCUT2D eigenvalue weighted by atomic mass is 35.5. The number of aliphatic hydroxyl groups excluding tert-OH is 1. The summed E-state index contributed by atoms with van der Waals surface area (Å²) in [6.07, 6.45) is 0. The van der Waals surface area contributed by atoms with Crippen molar-refractivity contribution in [3.8, 4) is 11.5 Å². The van der Waals surface area contributed by atoms with E-state index in [9.17, 15) is 0 Å². The molecule has 1 N–H and O–H groups in total. The molecule has 100 valence electrons. The molecular weight excluding hydrogens is 266 g/mol. The van der Waals surface area contributed by atoms with Gasteiger partial charge in [-0.25, -0.2) is 0 Å². The lowest BCUT2D eigenvalue weighted by Gasteiger charge is -2.37. The Labute approximate surface area is 115 Å². The van der Waals surface area contributed by atoms with Crippen LogP contribution in [0.3, 0.4) is 0 Å².